The van der Waals surface area contributed by atoms with Gasteiger partial charge in [-0.05, 0) is 85.8 Å². The number of pyridine rings is 1. The van der Waals surface area contributed by atoms with Crippen molar-refractivity contribution in [1.82, 2.24) is 4.98 Å². The number of anilines is 2. The lowest BCUT2D eigenvalue weighted by molar-refractivity contribution is 1.33. The number of nitrogens with zero attached hydrogens (tertiary/aromatic N) is 2. The van der Waals surface area contributed by atoms with Crippen molar-refractivity contribution < 1.29 is 0 Å². The van der Waals surface area contributed by atoms with Gasteiger partial charge < -0.3 is 4.81 Å². The van der Waals surface area contributed by atoms with Crippen molar-refractivity contribution in [3.8, 4) is 55.6 Å². The Labute approximate surface area is 258 Å². The molecule has 0 unspecified atom stereocenters. The fourth-order valence-electron chi connectivity index (χ4n) is 7.13. The average Bonchev–Trinajstić information content (AvgIpc) is 3.12. The minimum atomic E-state index is 0.0444. The maximum Gasteiger partial charge on any atom is 0.329 e. The molecule has 6 aromatic carbocycles. The molecule has 0 saturated carbocycles. The van der Waals surface area contributed by atoms with Crippen LogP contribution >= 0.6 is 0 Å². The molecule has 1 aromatic heterocycles. The molecule has 2 nitrogen and oxygen atoms in total. The van der Waals surface area contributed by atoms with Crippen LogP contribution in [0.5, 0.6) is 0 Å². The van der Waals surface area contributed by atoms with E-state index in [4.69, 9.17) is 0 Å². The van der Waals surface area contributed by atoms with E-state index in [-0.39, 0.29) is 6.85 Å². The summed E-state index contributed by atoms with van der Waals surface area (Å²) in [4.78, 5) is 7.00. The topological polar surface area (TPSA) is 16.1 Å². The average molecular weight is 558 g/mol. The third-order valence-corrected chi connectivity index (χ3v) is 9.16. The molecule has 2 aliphatic rings. The first-order valence-electron chi connectivity index (χ1n) is 15.2. The largest absolute Gasteiger partial charge is 0.376 e. The van der Waals surface area contributed by atoms with Crippen molar-refractivity contribution in [2.75, 3.05) is 4.81 Å². The number of aromatic nitrogens is 1. The zero-order valence-electron chi connectivity index (χ0n) is 24.1. The molecule has 0 atom stereocenters. The van der Waals surface area contributed by atoms with E-state index in [9.17, 15) is 0 Å². The normalized spacial score (nSPS) is 12.5. The van der Waals surface area contributed by atoms with Crippen molar-refractivity contribution in [2.24, 2.45) is 0 Å². The van der Waals surface area contributed by atoms with E-state index >= 15 is 0 Å². The predicted octanol–water partition coefficient (Wildman–Crippen LogP) is 8.99. The third-order valence-electron chi connectivity index (χ3n) is 9.16. The summed E-state index contributed by atoms with van der Waals surface area (Å²) in [5.41, 5.74) is 17.4. The second-order valence-corrected chi connectivity index (χ2v) is 11.6. The maximum atomic E-state index is 4.42. The highest BCUT2D eigenvalue weighted by atomic mass is 15.1. The van der Waals surface area contributed by atoms with Crippen molar-refractivity contribution in [3.05, 3.63) is 164 Å². The van der Waals surface area contributed by atoms with Crippen LogP contribution in [-0.2, 0) is 0 Å². The molecular weight excluding hydrogens is 531 g/mol. The van der Waals surface area contributed by atoms with Gasteiger partial charge in [0.25, 0.3) is 0 Å². The summed E-state index contributed by atoms with van der Waals surface area (Å²) in [5.74, 6) is 0. The second-order valence-electron chi connectivity index (χ2n) is 11.6. The summed E-state index contributed by atoms with van der Waals surface area (Å²) in [6.07, 6.45) is 3.79. The molecule has 0 radical (unpaired) electrons. The van der Waals surface area contributed by atoms with Gasteiger partial charge in [0.05, 0.1) is 0 Å². The Balaban J connectivity index is 1.32. The Morgan fingerprint density at radius 1 is 0.386 bits per heavy atom. The summed E-state index contributed by atoms with van der Waals surface area (Å²) in [6, 6.07) is 55.4. The lowest BCUT2D eigenvalue weighted by Crippen LogP contribution is -2.59. The smallest absolute Gasteiger partial charge is 0.329 e. The van der Waals surface area contributed by atoms with Crippen molar-refractivity contribution in [3.63, 3.8) is 0 Å². The first kappa shape index (κ1) is 24.9. The molecule has 0 N–H and O–H groups in total. The highest BCUT2D eigenvalue weighted by molar-refractivity contribution is 6.92. The van der Waals surface area contributed by atoms with Crippen LogP contribution in [0.25, 0.3) is 55.6 Å². The Bertz CT molecular complexity index is 2180. The van der Waals surface area contributed by atoms with Crippen LogP contribution in [0.2, 0.25) is 0 Å². The van der Waals surface area contributed by atoms with E-state index in [1.54, 1.807) is 0 Å². The molecular formula is C41H27BN2. The number of hydrogen-bond acceptors (Lipinski definition) is 2. The van der Waals surface area contributed by atoms with E-state index in [2.05, 4.69) is 155 Å². The molecule has 0 fully saturated rings. The quantitative estimate of drug-likeness (QED) is 0.201. The van der Waals surface area contributed by atoms with E-state index < -0.39 is 0 Å². The monoisotopic (exact) mass is 558 g/mol. The van der Waals surface area contributed by atoms with Gasteiger partial charge in [-0.15, -0.1) is 0 Å². The lowest BCUT2D eigenvalue weighted by atomic mass is 9.43. The molecule has 0 amide bonds. The number of fused-ring (bicyclic) bond motifs is 11. The van der Waals surface area contributed by atoms with Gasteiger partial charge in [0, 0.05) is 34.9 Å². The van der Waals surface area contributed by atoms with Crippen molar-refractivity contribution >= 4 is 29.1 Å². The van der Waals surface area contributed by atoms with Gasteiger partial charge in [-0.2, -0.15) is 0 Å². The van der Waals surface area contributed by atoms with Gasteiger partial charge in [-0.3, -0.25) is 4.98 Å². The standard InChI is InChI=1S/C41H27BN2/c1-3-10-28(11-4-1)30-18-21-40-36(24-30)34-15-7-8-16-38(34)42-39-26-32(33-14-9-23-43-27-33)17-20-35(39)37-25-31(19-22-41(37)44(40)42)29-12-5-2-6-13-29/h1-27H. The van der Waals surface area contributed by atoms with Crippen LogP contribution in [0, 0.1) is 0 Å². The second kappa shape index (κ2) is 9.96. The van der Waals surface area contributed by atoms with Gasteiger partial charge in [0.1, 0.15) is 0 Å². The van der Waals surface area contributed by atoms with Crippen LogP contribution in [-0.4, -0.2) is 11.8 Å². The van der Waals surface area contributed by atoms with Crippen LogP contribution in [0.3, 0.4) is 0 Å². The SMILES string of the molecule is c1ccc(-c2ccc3c(c2)-c2ccccc2B2c4cc(-c5cccnc5)ccc4-c4cc(-c5ccccc5)ccc4N23)cc1. The molecule has 0 bridgehead atoms. The summed E-state index contributed by atoms with van der Waals surface area (Å²) in [6.45, 7) is 0.0444. The number of rotatable bonds is 3. The zero-order valence-corrected chi connectivity index (χ0v) is 24.1. The van der Waals surface area contributed by atoms with Gasteiger partial charge >= 0.3 is 6.85 Å². The first-order chi connectivity index (χ1) is 21.8. The van der Waals surface area contributed by atoms with Crippen LogP contribution in [0.1, 0.15) is 0 Å². The van der Waals surface area contributed by atoms with Crippen LogP contribution in [0.15, 0.2) is 164 Å². The molecule has 44 heavy (non-hydrogen) atoms. The molecule has 0 spiro atoms. The van der Waals surface area contributed by atoms with Gasteiger partial charge in [-0.25, -0.2) is 0 Å². The Morgan fingerprint density at radius 3 is 1.57 bits per heavy atom. The third kappa shape index (κ3) is 3.87. The van der Waals surface area contributed by atoms with Crippen molar-refractivity contribution in [1.29, 1.82) is 0 Å². The minimum absolute atomic E-state index is 0.0444. The predicted molar refractivity (Wildman–Crippen MR) is 185 cm³/mol. The molecule has 0 aliphatic carbocycles. The molecule has 7 aromatic rings. The Hall–Kier alpha value is -5.67. The summed E-state index contributed by atoms with van der Waals surface area (Å²) >= 11 is 0. The highest BCUT2D eigenvalue weighted by Gasteiger charge is 2.42. The Morgan fingerprint density at radius 2 is 0.932 bits per heavy atom. The maximum absolute atomic E-state index is 4.42. The van der Waals surface area contributed by atoms with E-state index in [1.165, 1.54) is 72.4 Å². The Kier molecular flexibility index (Phi) is 5.64. The molecule has 2 aliphatic heterocycles. The summed E-state index contributed by atoms with van der Waals surface area (Å²) in [5, 5.41) is 0. The van der Waals surface area contributed by atoms with E-state index in [1.807, 2.05) is 18.5 Å². The molecule has 3 heterocycles. The number of benzene rings is 6. The van der Waals surface area contributed by atoms with Crippen molar-refractivity contribution in [2.45, 2.75) is 0 Å². The van der Waals surface area contributed by atoms with Crippen LogP contribution in [0.4, 0.5) is 11.4 Å². The lowest BCUT2D eigenvalue weighted by Gasteiger charge is -2.43. The van der Waals surface area contributed by atoms with Gasteiger partial charge in [0.15, 0.2) is 0 Å². The zero-order chi connectivity index (χ0) is 29.0. The molecule has 9 rings (SSSR count). The van der Waals surface area contributed by atoms with E-state index in [0.717, 1.165) is 5.56 Å². The summed E-state index contributed by atoms with van der Waals surface area (Å²) in [7, 11) is 0. The number of hydrogen-bond donors (Lipinski definition) is 0. The van der Waals surface area contributed by atoms with Gasteiger partial charge in [-0.1, -0.05) is 121 Å². The first-order valence-corrected chi connectivity index (χ1v) is 15.2. The fraction of sp³-hybridized carbons (Fsp3) is 0. The van der Waals surface area contributed by atoms with E-state index in [0.29, 0.717) is 0 Å². The molecule has 3 heteroatoms. The fourth-order valence-corrected chi connectivity index (χ4v) is 7.13. The molecule has 204 valence electrons. The van der Waals surface area contributed by atoms with Gasteiger partial charge in [0.2, 0.25) is 0 Å². The minimum Gasteiger partial charge on any atom is -0.376 e. The highest BCUT2D eigenvalue weighted by Crippen LogP contribution is 2.48. The molecule has 0 saturated heterocycles. The summed E-state index contributed by atoms with van der Waals surface area (Å²) < 4.78 is 0. The van der Waals surface area contributed by atoms with Crippen LogP contribution < -0.4 is 15.7 Å².